The molecule has 0 fully saturated rings. The molecule has 0 aliphatic heterocycles. The number of hydrogen-bond donors (Lipinski definition) is 4. The quantitative estimate of drug-likeness (QED) is 0.408. The maximum atomic E-state index is 5.66. The Hall–Kier alpha value is 0.540. The highest BCUT2D eigenvalue weighted by Gasteiger charge is 2.31. The van der Waals surface area contributed by atoms with E-state index in [2.05, 4.69) is 0 Å². The summed E-state index contributed by atoms with van der Waals surface area (Å²) in [6, 6.07) is 0. The number of rotatable bonds is 5. The largest absolute Gasteiger partial charge is 0.315 e. The van der Waals surface area contributed by atoms with E-state index in [1.54, 1.807) is 21.6 Å². The van der Waals surface area contributed by atoms with E-state index in [1.807, 2.05) is 27.7 Å². The lowest BCUT2D eigenvalue weighted by Crippen LogP contribution is -2.49. The van der Waals surface area contributed by atoms with Gasteiger partial charge < -0.3 is 22.9 Å². The Morgan fingerprint density at radius 1 is 0.714 bits per heavy atom. The molecular weight excluding hydrogens is 216 g/mol. The smallest absolute Gasteiger partial charge is 0.0675 e. The Balaban J connectivity index is 4.18. The Morgan fingerprint density at radius 2 is 0.929 bits per heavy atom. The monoisotopic (exact) mass is 238 g/mol. The minimum absolute atomic E-state index is 0.184. The second-order valence-electron chi connectivity index (χ2n) is 4.43. The lowest BCUT2D eigenvalue weighted by Gasteiger charge is -2.33. The molecule has 0 aromatic carbocycles. The van der Waals surface area contributed by atoms with Crippen LogP contribution in [0, 0.1) is 0 Å². The predicted octanol–water partition coefficient (Wildman–Crippen LogP) is 0.412. The van der Waals surface area contributed by atoms with E-state index < -0.39 is 0 Å². The molecule has 0 aromatic heterocycles. The average Bonchev–Trinajstić information content (AvgIpc) is 2.01. The van der Waals surface area contributed by atoms with Gasteiger partial charge >= 0.3 is 0 Å². The standard InChI is InChI=1S/C8H22N4S2/c1-7(2,5(9)10)13-14-8(3,4)6(11)12/h5-6H,9-12H2,1-4H3. The molecule has 0 rings (SSSR count). The highest BCUT2D eigenvalue weighted by Crippen LogP contribution is 2.44. The van der Waals surface area contributed by atoms with Gasteiger partial charge in [0.25, 0.3) is 0 Å². The molecule has 0 heterocycles. The van der Waals surface area contributed by atoms with Gasteiger partial charge in [0.05, 0.1) is 12.3 Å². The summed E-state index contributed by atoms with van der Waals surface area (Å²) in [6.45, 7) is 8.03. The van der Waals surface area contributed by atoms with Crippen LogP contribution in [0.3, 0.4) is 0 Å². The summed E-state index contributed by atoms with van der Waals surface area (Å²) in [5, 5.41) is 0. The van der Waals surface area contributed by atoms with Crippen LogP contribution >= 0.6 is 21.6 Å². The summed E-state index contributed by atoms with van der Waals surface area (Å²) >= 11 is 0. The van der Waals surface area contributed by atoms with Crippen molar-refractivity contribution in [1.82, 2.24) is 0 Å². The second-order valence-corrected chi connectivity index (χ2v) is 7.86. The van der Waals surface area contributed by atoms with Gasteiger partial charge in [-0.1, -0.05) is 21.6 Å². The number of nitrogens with two attached hydrogens (primary N) is 4. The lowest BCUT2D eigenvalue weighted by atomic mass is 10.1. The van der Waals surface area contributed by atoms with Crippen LogP contribution in [-0.4, -0.2) is 21.8 Å². The van der Waals surface area contributed by atoms with Crippen molar-refractivity contribution in [3.05, 3.63) is 0 Å². The summed E-state index contributed by atoms with van der Waals surface area (Å²) in [6.07, 6.45) is -0.713. The summed E-state index contributed by atoms with van der Waals surface area (Å²) < 4.78 is -0.367. The van der Waals surface area contributed by atoms with E-state index in [9.17, 15) is 0 Å². The molecule has 14 heavy (non-hydrogen) atoms. The highest BCUT2D eigenvalue weighted by molar-refractivity contribution is 8.77. The summed E-state index contributed by atoms with van der Waals surface area (Å²) in [7, 11) is 3.26. The van der Waals surface area contributed by atoms with Gasteiger partial charge in [-0.2, -0.15) is 0 Å². The molecule has 0 aliphatic carbocycles. The Bertz CT molecular complexity index is 160. The molecule has 86 valence electrons. The topological polar surface area (TPSA) is 104 Å². The van der Waals surface area contributed by atoms with Crippen LogP contribution in [0.4, 0.5) is 0 Å². The Kier molecular flexibility index (Phi) is 5.24. The third-order valence-corrected chi connectivity index (χ3v) is 6.39. The van der Waals surface area contributed by atoms with Crippen molar-refractivity contribution >= 4 is 21.6 Å². The zero-order valence-electron chi connectivity index (χ0n) is 9.28. The van der Waals surface area contributed by atoms with Crippen LogP contribution in [0.15, 0.2) is 0 Å². The Labute approximate surface area is 94.3 Å². The van der Waals surface area contributed by atoms with E-state index in [0.29, 0.717) is 0 Å². The first-order valence-corrected chi connectivity index (χ1v) is 6.64. The molecule has 8 N–H and O–H groups in total. The van der Waals surface area contributed by atoms with E-state index >= 15 is 0 Å². The average molecular weight is 238 g/mol. The predicted molar refractivity (Wildman–Crippen MR) is 67.7 cm³/mol. The molecule has 0 spiro atoms. The van der Waals surface area contributed by atoms with E-state index in [1.165, 1.54) is 0 Å². The minimum atomic E-state index is -0.357. The van der Waals surface area contributed by atoms with Gasteiger partial charge in [-0.25, -0.2) is 0 Å². The maximum absolute atomic E-state index is 5.66. The fraction of sp³-hybridized carbons (Fsp3) is 1.00. The first-order valence-electron chi connectivity index (χ1n) is 4.49. The molecule has 0 saturated carbocycles. The molecule has 0 atom stereocenters. The summed E-state index contributed by atoms with van der Waals surface area (Å²) in [5.41, 5.74) is 22.6. The molecule has 0 amide bonds. The van der Waals surface area contributed by atoms with E-state index in [-0.39, 0.29) is 21.8 Å². The molecule has 0 bridgehead atoms. The van der Waals surface area contributed by atoms with Crippen molar-refractivity contribution in [2.24, 2.45) is 22.9 Å². The Morgan fingerprint density at radius 3 is 1.07 bits per heavy atom. The van der Waals surface area contributed by atoms with Gasteiger partial charge in [0.1, 0.15) is 0 Å². The molecule has 4 nitrogen and oxygen atoms in total. The molecule has 0 unspecified atom stereocenters. The normalized spacial score (nSPS) is 14.1. The van der Waals surface area contributed by atoms with Gasteiger partial charge in [-0.3, -0.25) is 0 Å². The van der Waals surface area contributed by atoms with Crippen molar-refractivity contribution < 1.29 is 0 Å². The van der Waals surface area contributed by atoms with Crippen molar-refractivity contribution in [2.45, 2.75) is 49.5 Å². The van der Waals surface area contributed by atoms with Crippen LogP contribution in [0.2, 0.25) is 0 Å². The van der Waals surface area contributed by atoms with Crippen LogP contribution in [0.5, 0.6) is 0 Å². The second kappa shape index (κ2) is 5.05. The third kappa shape index (κ3) is 4.37. The van der Waals surface area contributed by atoms with Crippen molar-refractivity contribution in [3.63, 3.8) is 0 Å². The molecule has 0 radical (unpaired) electrons. The van der Waals surface area contributed by atoms with Crippen molar-refractivity contribution in [3.8, 4) is 0 Å². The van der Waals surface area contributed by atoms with Gasteiger partial charge in [-0.05, 0) is 27.7 Å². The number of hydrogen-bond acceptors (Lipinski definition) is 6. The molecule has 0 aliphatic rings. The van der Waals surface area contributed by atoms with E-state index in [0.717, 1.165) is 0 Å². The van der Waals surface area contributed by atoms with Gasteiger partial charge in [0.15, 0.2) is 0 Å². The van der Waals surface area contributed by atoms with E-state index in [4.69, 9.17) is 22.9 Å². The first kappa shape index (κ1) is 14.5. The summed E-state index contributed by atoms with van der Waals surface area (Å²) in [4.78, 5) is 0. The third-order valence-electron chi connectivity index (χ3n) is 2.08. The zero-order valence-corrected chi connectivity index (χ0v) is 10.9. The van der Waals surface area contributed by atoms with Crippen LogP contribution in [0.1, 0.15) is 27.7 Å². The molecule has 0 aromatic rings. The van der Waals surface area contributed by atoms with Gasteiger partial charge in [0, 0.05) is 9.49 Å². The molecular formula is C8H22N4S2. The molecule has 6 heteroatoms. The highest BCUT2D eigenvalue weighted by atomic mass is 33.1. The maximum Gasteiger partial charge on any atom is 0.0675 e. The van der Waals surface area contributed by atoms with Crippen LogP contribution in [0.25, 0.3) is 0 Å². The zero-order chi connectivity index (χ0) is 11.6. The fourth-order valence-corrected chi connectivity index (χ4v) is 2.93. The van der Waals surface area contributed by atoms with Gasteiger partial charge in [0.2, 0.25) is 0 Å². The van der Waals surface area contributed by atoms with Crippen LogP contribution < -0.4 is 22.9 Å². The fourth-order valence-electron chi connectivity index (χ4n) is 0.326. The van der Waals surface area contributed by atoms with Crippen molar-refractivity contribution in [1.29, 1.82) is 0 Å². The minimum Gasteiger partial charge on any atom is -0.315 e. The van der Waals surface area contributed by atoms with Crippen molar-refractivity contribution in [2.75, 3.05) is 0 Å². The first-order chi connectivity index (χ1) is 6.09. The van der Waals surface area contributed by atoms with Gasteiger partial charge in [-0.15, -0.1) is 0 Å². The van der Waals surface area contributed by atoms with Crippen LogP contribution in [-0.2, 0) is 0 Å². The SMILES string of the molecule is CC(C)(SSC(C)(C)C(N)N)C(N)N. The summed E-state index contributed by atoms with van der Waals surface area (Å²) in [5.74, 6) is 0. The molecule has 0 saturated heterocycles. The lowest BCUT2D eigenvalue weighted by molar-refractivity contribution is 0.552.